The minimum Gasteiger partial charge on any atom is -0.398 e. The normalized spacial score (nSPS) is 18.8. The molecule has 1 saturated heterocycles. The average molecular weight is 304 g/mol. The van der Waals surface area contributed by atoms with Crippen molar-refractivity contribution in [3.8, 4) is 0 Å². The van der Waals surface area contributed by atoms with Gasteiger partial charge in [0.05, 0.1) is 18.8 Å². The predicted molar refractivity (Wildman–Crippen MR) is 66.8 cm³/mol. The molecule has 3 N–H and O–H groups in total. The second-order valence-electron chi connectivity index (χ2n) is 4.21. The Morgan fingerprint density at radius 1 is 1.47 bits per heavy atom. The lowest BCUT2D eigenvalue weighted by molar-refractivity contribution is -0.124. The van der Waals surface area contributed by atoms with Gasteiger partial charge in [0.2, 0.25) is 0 Å². The molecule has 92 valence electrons. The van der Waals surface area contributed by atoms with Crippen LogP contribution in [0, 0.1) is 5.41 Å². The van der Waals surface area contributed by atoms with Crippen LogP contribution in [0.5, 0.6) is 0 Å². The summed E-state index contributed by atoms with van der Waals surface area (Å²) in [5, 5.41) is 7.86. The molecule has 1 heterocycles. The van der Waals surface area contributed by atoms with Gasteiger partial charge in [0.25, 0.3) is 5.92 Å². The minimum atomic E-state index is -2.59. The van der Waals surface area contributed by atoms with Crippen molar-refractivity contribution in [3.63, 3.8) is 0 Å². The van der Waals surface area contributed by atoms with E-state index in [0.29, 0.717) is 11.3 Å². The first kappa shape index (κ1) is 12.4. The maximum atomic E-state index is 12.6. The van der Waals surface area contributed by atoms with Gasteiger partial charge in [-0.25, -0.2) is 8.78 Å². The van der Waals surface area contributed by atoms with Crippen LogP contribution in [-0.4, -0.2) is 36.2 Å². The average Bonchev–Trinajstić information content (AvgIpc) is 2.14. The Bertz CT molecular complexity index is 454. The Kier molecular flexibility index (Phi) is 3.18. The molecule has 1 aromatic carbocycles. The molecular formula is C11H12BrF2N3. The first-order chi connectivity index (χ1) is 7.87. The quantitative estimate of drug-likeness (QED) is 0.665. The van der Waals surface area contributed by atoms with Crippen LogP contribution in [0.1, 0.15) is 5.56 Å². The largest absolute Gasteiger partial charge is 0.398 e. The molecule has 1 aliphatic rings. The van der Waals surface area contributed by atoms with Crippen LogP contribution in [0.3, 0.4) is 0 Å². The van der Waals surface area contributed by atoms with Gasteiger partial charge in [0.15, 0.2) is 0 Å². The number of nitrogens with one attached hydrogen (secondary N) is 1. The van der Waals surface area contributed by atoms with E-state index in [-0.39, 0.29) is 25.3 Å². The van der Waals surface area contributed by atoms with Gasteiger partial charge in [0.1, 0.15) is 0 Å². The molecule has 2 rings (SSSR count). The van der Waals surface area contributed by atoms with E-state index in [9.17, 15) is 8.78 Å². The second-order valence-corrected chi connectivity index (χ2v) is 5.13. The molecule has 6 heteroatoms. The Balaban J connectivity index is 2.01. The SMILES string of the molecule is N=C(CN1CC(F)(F)C1)c1ccc(Br)cc1N. The van der Waals surface area contributed by atoms with Gasteiger partial charge in [-0.2, -0.15) is 0 Å². The summed E-state index contributed by atoms with van der Waals surface area (Å²) in [5.41, 5.74) is 7.13. The van der Waals surface area contributed by atoms with Crippen molar-refractivity contribution in [2.45, 2.75) is 5.92 Å². The number of nitrogens with zero attached hydrogens (tertiary/aromatic N) is 1. The highest BCUT2D eigenvalue weighted by molar-refractivity contribution is 9.10. The first-order valence-corrected chi connectivity index (χ1v) is 5.90. The van der Waals surface area contributed by atoms with Crippen molar-refractivity contribution in [1.82, 2.24) is 4.90 Å². The first-order valence-electron chi connectivity index (χ1n) is 5.10. The Morgan fingerprint density at radius 2 is 2.12 bits per heavy atom. The fourth-order valence-electron chi connectivity index (χ4n) is 1.84. The molecule has 0 amide bonds. The summed E-state index contributed by atoms with van der Waals surface area (Å²) in [6, 6.07) is 5.21. The molecule has 1 aliphatic heterocycles. The molecule has 0 aromatic heterocycles. The van der Waals surface area contributed by atoms with E-state index in [4.69, 9.17) is 11.1 Å². The highest BCUT2D eigenvalue weighted by atomic mass is 79.9. The van der Waals surface area contributed by atoms with Crippen LogP contribution < -0.4 is 5.73 Å². The van der Waals surface area contributed by atoms with E-state index in [0.717, 1.165) is 4.47 Å². The molecule has 0 atom stereocenters. The summed E-state index contributed by atoms with van der Waals surface area (Å²) in [4.78, 5) is 1.53. The predicted octanol–water partition coefficient (Wildman–Crippen LogP) is 2.35. The number of rotatable bonds is 3. The Labute approximate surface area is 106 Å². The van der Waals surface area contributed by atoms with Crippen LogP contribution >= 0.6 is 15.9 Å². The number of hydrogen-bond donors (Lipinski definition) is 2. The van der Waals surface area contributed by atoms with Crippen molar-refractivity contribution in [2.24, 2.45) is 0 Å². The maximum absolute atomic E-state index is 12.6. The van der Waals surface area contributed by atoms with Gasteiger partial charge >= 0.3 is 0 Å². The molecule has 0 saturated carbocycles. The summed E-state index contributed by atoms with van der Waals surface area (Å²) in [6.45, 7) is -0.334. The number of anilines is 1. The van der Waals surface area contributed by atoms with Crippen molar-refractivity contribution < 1.29 is 8.78 Å². The van der Waals surface area contributed by atoms with Gasteiger partial charge in [-0.1, -0.05) is 15.9 Å². The van der Waals surface area contributed by atoms with Gasteiger partial charge in [-0.05, 0) is 18.2 Å². The topological polar surface area (TPSA) is 53.1 Å². The zero-order valence-corrected chi connectivity index (χ0v) is 10.6. The van der Waals surface area contributed by atoms with Crippen molar-refractivity contribution in [1.29, 1.82) is 5.41 Å². The molecule has 1 aromatic rings. The third-order valence-corrected chi connectivity index (χ3v) is 3.12. The van der Waals surface area contributed by atoms with E-state index in [1.807, 2.05) is 0 Å². The van der Waals surface area contributed by atoms with Gasteiger partial charge in [-0.3, -0.25) is 4.90 Å². The molecule has 17 heavy (non-hydrogen) atoms. The molecule has 0 radical (unpaired) electrons. The minimum absolute atomic E-state index is 0.210. The molecular weight excluding hydrogens is 292 g/mol. The van der Waals surface area contributed by atoms with Gasteiger partial charge in [-0.15, -0.1) is 0 Å². The zero-order chi connectivity index (χ0) is 12.6. The number of likely N-dealkylation sites (tertiary alicyclic amines) is 1. The van der Waals surface area contributed by atoms with E-state index in [1.54, 1.807) is 18.2 Å². The fourth-order valence-corrected chi connectivity index (χ4v) is 2.22. The van der Waals surface area contributed by atoms with Gasteiger partial charge < -0.3 is 11.1 Å². The van der Waals surface area contributed by atoms with Crippen LogP contribution in [0.25, 0.3) is 0 Å². The molecule has 0 bridgehead atoms. The van der Waals surface area contributed by atoms with Crippen LogP contribution in [0.4, 0.5) is 14.5 Å². The second kappa shape index (κ2) is 4.34. The monoisotopic (exact) mass is 303 g/mol. The summed E-state index contributed by atoms with van der Waals surface area (Å²) >= 11 is 3.28. The third kappa shape index (κ3) is 2.81. The van der Waals surface area contributed by atoms with Crippen molar-refractivity contribution in [3.05, 3.63) is 28.2 Å². The van der Waals surface area contributed by atoms with E-state index in [2.05, 4.69) is 15.9 Å². The maximum Gasteiger partial charge on any atom is 0.272 e. The highest BCUT2D eigenvalue weighted by Gasteiger charge is 2.43. The fraction of sp³-hybridized carbons (Fsp3) is 0.364. The molecule has 1 fully saturated rings. The number of hydrogen-bond acceptors (Lipinski definition) is 3. The molecule has 0 aliphatic carbocycles. The van der Waals surface area contributed by atoms with Crippen LogP contribution in [0.2, 0.25) is 0 Å². The molecule has 0 unspecified atom stereocenters. The molecule has 3 nitrogen and oxygen atoms in total. The van der Waals surface area contributed by atoms with Crippen molar-refractivity contribution in [2.75, 3.05) is 25.4 Å². The van der Waals surface area contributed by atoms with Crippen LogP contribution in [-0.2, 0) is 0 Å². The zero-order valence-electron chi connectivity index (χ0n) is 9.01. The third-order valence-electron chi connectivity index (χ3n) is 2.63. The standard InChI is InChI=1S/C11H12BrF2N3/c12-7-1-2-8(9(15)3-7)10(16)4-17-5-11(13,14)6-17/h1-3,16H,4-6,15H2. The smallest absolute Gasteiger partial charge is 0.272 e. The lowest BCUT2D eigenvalue weighted by Crippen LogP contribution is -2.57. The summed E-state index contributed by atoms with van der Waals surface area (Å²) in [5.74, 6) is -2.59. The van der Waals surface area contributed by atoms with Gasteiger partial charge in [0, 0.05) is 22.3 Å². The lowest BCUT2D eigenvalue weighted by Gasteiger charge is -2.38. The van der Waals surface area contributed by atoms with E-state index >= 15 is 0 Å². The number of halogens is 3. The summed E-state index contributed by atoms with van der Waals surface area (Å²) < 4.78 is 26.1. The summed E-state index contributed by atoms with van der Waals surface area (Å²) in [6.07, 6.45) is 0. The number of nitrogen functional groups attached to an aromatic ring is 1. The van der Waals surface area contributed by atoms with Crippen LogP contribution in [0.15, 0.2) is 22.7 Å². The highest BCUT2D eigenvalue weighted by Crippen LogP contribution is 2.27. The molecule has 0 spiro atoms. The lowest BCUT2D eigenvalue weighted by atomic mass is 10.0. The number of benzene rings is 1. The van der Waals surface area contributed by atoms with Crippen molar-refractivity contribution >= 4 is 27.3 Å². The van der Waals surface area contributed by atoms with E-state index < -0.39 is 5.92 Å². The Hall–Kier alpha value is -1.01. The Morgan fingerprint density at radius 3 is 2.65 bits per heavy atom. The van der Waals surface area contributed by atoms with E-state index in [1.165, 1.54) is 4.90 Å². The summed E-state index contributed by atoms with van der Waals surface area (Å²) in [7, 11) is 0. The number of nitrogens with two attached hydrogens (primary N) is 1. The number of alkyl halides is 2.